The normalized spacial score (nSPS) is 11.1. The van der Waals surface area contributed by atoms with Gasteiger partial charge in [-0.1, -0.05) is 6.07 Å². The van der Waals surface area contributed by atoms with Gasteiger partial charge in [0.2, 0.25) is 11.8 Å². The Hall–Kier alpha value is -1.98. The minimum absolute atomic E-state index is 0.0371. The lowest BCUT2D eigenvalue weighted by Gasteiger charge is -2.34. The Morgan fingerprint density at radius 3 is 2.14 bits per heavy atom. The molecule has 0 spiro atoms. The fourth-order valence-corrected chi connectivity index (χ4v) is 2.00. The Kier molecular flexibility index (Phi) is 5.41. The van der Waals surface area contributed by atoms with Crippen LogP contribution in [0.15, 0.2) is 18.2 Å². The van der Waals surface area contributed by atoms with Crippen LogP contribution in [0.5, 0.6) is 0 Å². The molecule has 1 rings (SSSR count). The number of benzene rings is 1. The van der Waals surface area contributed by atoms with Crippen molar-refractivity contribution in [3.63, 3.8) is 0 Å². The first-order valence-electron chi connectivity index (χ1n) is 6.65. The highest BCUT2D eigenvalue weighted by molar-refractivity contribution is 5.91. The standard InChI is InChI=1S/C15H20F2N2O2/c1-10(20)19(15(2,3)4)9-8-13(21)18-14-11(16)6-5-7-12(14)17/h5-7H,8-9H2,1-4H3,(H,18,21). The number of para-hydroxylation sites is 1. The highest BCUT2D eigenvalue weighted by Gasteiger charge is 2.24. The molecule has 0 fully saturated rings. The van der Waals surface area contributed by atoms with Crippen LogP contribution in [0.2, 0.25) is 0 Å². The second-order valence-corrected chi connectivity index (χ2v) is 5.74. The lowest BCUT2D eigenvalue weighted by molar-refractivity contribution is -0.134. The third-order valence-electron chi connectivity index (χ3n) is 2.98. The SMILES string of the molecule is CC(=O)N(CCC(=O)Nc1c(F)cccc1F)C(C)(C)C. The fraction of sp³-hybridized carbons (Fsp3) is 0.467. The smallest absolute Gasteiger partial charge is 0.226 e. The maximum Gasteiger partial charge on any atom is 0.226 e. The van der Waals surface area contributed by atoms with E-state index in [0.29, 0.717) is 0 Å². The first-order chi connectivity index (χ1) is 9.62. The van der Waals surface area contributed by atoms with E-state index < -0.39 is 28.8 Å². The summed E-state index contributed by atoms with van der Waals surface area (Å²) in [4.78, 5) is 24.9. The summed E-state index contributed by atoms with van der Waals surface area (Å²) in [7, 11) is 0. The van der Waals surface area contributed by atoms with Crippen LogP contribution in [-0.4, -0.2) is 28.8 Å². The van der Waals surface area contributed by atoms with Gasteiger partial charge in [-0.05, 0) is 32.9 Å². The summed E-state index contributed by atoms with van der Waals surface area (Å²) in [6.45, 7) is 7.15. The van der Waals surface area contributed by atoms with E-state index in [0.717, 1.165) is 12.1 Å². The molecule has 0 aromatic heterocycles. The van der Waals surface area contributed by atoms with Crippen LogP contribution in [0.3, 0.4) is 0 Å². The molecule has 0 radical (unpaired) electrons. The molecule has 0 atom stereocenters. The number of nitrogens with one attached hydrogen (secondary N) is 1. The summed E-state index contributed by atoms with van der Waals surface area (Å²) < 4.78 is 26.8. The van der Waals surface area contributed by atoms with E-state index in [1.54, 1.807) is 0 Å². The van der Waals surface area contributed by atoms with Gasteiger partial charge >= 0.3 is 0 Å². The molecule has 0 aliphatic heterocycles. The van der Waals surface area contributed by atoms with Crippen LogP contribution in [0.1, 0.15) is 34.1 Å². The summed E-state index contributed by atoms with van der Waals surface area (Å²) in [6.07, 6.45) is -0.0371. The van der Waals surface area contributed by atoms with Gasteiger partial charge in [0.1, 0.15) is 17.3 Å². The number of carbonyl (C=O) groups excluding carboxylic acids is 2. The van der Waals surface area contributed by atoms with Crippen molar-refractivity contribution < 1.29 is 18.4 Å². The highest BCUT2D eigenvalue weighted by atomic mass is 19.1. The first-order valence-corrected chi connectivity index (χ1v) is 6.65. The Balaban J connectivity index is 2.68. The van der Waals surface area contributed by atoms with Crippen molar-refractivity contribution in [3.05, 3.63) is 29.8 Å². The molecule has 2 amide bonds. The van der Waals surface area contributed by atoms with Crippen molar-refractivity contribution in [2.24, 2.45) is 0 Å². The number of anilines is 1. The minimum atomic E-state index is -0.831. The van der Waals surface area contributed by atoms with Crippen LogP contribution >= 0.6 is 0 Å². The topological polar surface area (TPSA) is 49.4 Å². The average Bonchev–Trinajstić information content (AvgIpc) is 2.32. The molecule has 0 bridgehead atoms. The molecule has 21 heavy (non-hydrogen) atoms. The number of hydrogen-bond donors (Lipinski definition) is 1. The summed E-state index contributed by atoms with van der Waals surface area (Å²) in [6, 6.07) is 3.35. The lowest BCUT2D eigenvalue weighted by atomic mass is 10.1. The van der Waals surface area contributed by atoms with Crippen molar-refractivity contribution in [2.75, 3.05) is 11.9 Å². The van der Waals surface area contributed by atoms with Gasteiger partial charge in [-0.3, -0.25) is 9.59 Å². The predicted molar refractivity (Wildman–Crippen MR) is 76.7 cm³/mol. The second kappa shape index (κ2) is 6.65. The van der Waals surface area contributed by atoms with E-state index in [1.807, 2.05) is 20.8 Å². The van der Waals surface area contributed by atoms with Crippen molar-refractivity contribution in [1.82, 2.24) is 4.90 Å². The molecule has 0 heterocycles. The van der Waals surface area contributed by atoms with Crippen LogP contribution in [0.4, 0.5) is 14.5 Å². The van der Waals surface area contributed by atoms with Crippen molar-refractivity contribution in [1.29, 1.82) is 0 Å². The van der Waals surface area contributed by atoms with E-state index in [1.165, 1.54) is 17.9 Å². The lowest BCUT2D eigenvalue weighted by Crippen LogP contribution is -2.45. The highest BCUT2D eigenvalue weighted by Crippen LogP contribution is 2.19. The molecule has 116 valence electrons. The number of amides is 2. The van der Waals surface area contributed by atoms with E-state index in [2.05, 4.69) is 5.32 Å². The van der Waals surface area contributed by atoms with E-state index in [-0.39, 0.29) is 18.9 Å². The van der Waals surface area contributed by atoms with Crippen LogP contribution < -0.4 is 5.32 Å². The summed E-state index contributed by atoms with van der Waals surface area (Å²) in [5, 5.41) is 2.20. The van der Waals surface area contributed by atoms with Gasteiger partial charge in [-0.25, -0.2) is 8.78 Å². The average molecular weight is 298 g/mol. The molecule has 1 N–H and O–H groups in total. The number of halogens is 2. The largest absolute Gasteiger partial charge is 0.338 e. The van der Waals surface area contributed by atoms with Gasteiger partial charge in [0, 0.05) is 25.4 Å². The van der Waals surface area contributed by atoms with Crippen molar-refractivity contribution in [3.8, 4) is 0 Å². The fourth-order valence-electron chi connectivity index (χ4n) is 2.00. The number of hydrogen-bond acceptors (Lipinski definition) is 2. The van der Waals surface area contributed by atoms with Crippen LogP contribution in [0.25, 0.3) is 0 Å². The molecule has 0 unspecified atom stereocenters. The van der Waals surface area contributed by atoms with Crippen molar-refractivity contribution in [2.45, 2.75) is 39.7 Å². The zero-order valence-corrected chi connectivity index (χ0v) is 12.7. The molecule has 4 nitrogen and oxygen atoms in total. The van der Waals surface area contributed by atoms with Gasteiger partial charge in [-0.15, -0.1) is 0 Å². The molecule has 1 aromatic carbocycles. The zero-order chi connectivity index (χ0) is 16.2. The summed E-state index contributed by atoms with van der Waals surface area (Å²) in [5.74, 6) is -2.37. The predicted octanol–water partition coefficient (Wildman–Crippen LogP) is 2.94. The molecule has 1 aromatic rings. The Morgan fingerprint density at radius 1 is 1.19 bits per heavy atom. The number of carbonyl (C=O) groups is 2. The van der Waals surface area contributed by atoms with E-state index >= 15 is 0 Å². The van der Waals surface area contributed by atoms with Gasteiger partial charge in [-0.2, -0.15) is 0 Å². The quantitative estimate of drug-likeness (QED) is 0.929. The summed E-state index contributed by atoms with van der Waals surface area (Å²) in [5.41, 5.74) is -0.886. The van der Waals surface area contributed by atoms with Gasteiger partial charge in [0.25, 0.3) is 0 Å². The number of rotatable bonds is 4. The monoisotopic (exact) mass is 298 g/mol. The Labute approximate surface area is 123 Å². The third-order valence-corrected chi connectivity index (χ3v) is 2.98. The summed E-state index contributed by atoms with van der Waals surface area (Å²) >= 11 is 0. The Morgan fingerprint density at radius 2 is 1.71 bits per heavy atom. The number of nitrogens with zero attached hydrogens (tertiary/aromatic N) is 1. The molecule has 6 heteroatoms. The van der Waals surface area contributed by atoms with E-state index in [9.17, 15) is 18.4 Å². The molecule has 0 aliphatic rings. The first kappa shape index (κ1) is 17.1. The third kappa shape index (κ3) is 4.81. The Bertz CT molecular complexity index is 519. The minimum Gasteiger partial charge on any atom is -0.338 e. The van der Waals surface area contributed by atoms with Gasteiger partial charge in [0.05, 0.1) is 0 Å². The maximum atomic E-state index is 13.4. The molecule has 0 saturated heterocycles. The zero-order valence-electron chi connectivity index (χ0n) is 12.7. The van der Waals surface area contributed by atoms with Crippen molar-refractivity contribution >= 4 is 17.5 Å². The van der Waals surface area contributed by atoms with E-state index in [4.69, 9.17) is 0 Å². The van der Waals surface area contributed by atoms with Gasteiger partial charge in [0.15, 0.2) is 0 Å². The van der Waals surface area contributed by atoms with Gasteiger partial charge < -0.3 is 10.2 Å². The molecule has 0 aliphatic carbocycles. The molecular formula is C15H20F2N2O2. The maximum absolute atomic E-state index is 13.4. The molecular weight excluding hydrogens is 278 g/mol. The van der Waals surface area contributed by atoms with Crippen LogP contribution in [0, 0.1) is 11.6 Å². The molecule has 0 saturated carbocycles. The van der Waals surface area contributed by atoms with Crippen LogP contribution in [-0.2, 0) is 9.59 Å². The second-order valence-electron chi connectivity index (χ2n) is 5.74.